The highest BCUT2D eigenvalue weighted by atomic mass is 19.1. The van der Waals surface area contributed by atoms with Crippen LogP contribution in [0.2, 0.25) is 0 Å². The number of aromatic amines is 2. The fraction of sp³-hybridized carbons (Fsp3) is 0.258. The van der Waals surface area contributed by atoms with E-state index in [-0.39, 0.29) is 23.4 Å². The van der Waals surface area contributed by atoms with Gasteiger partial charge in [0.05, 0.1) is 11.2 Å². The maximum absolute atomic E-state index is 15.1. The number of aliphatic imine (C=N–C) groups is 2. The van der Waals surface area contributed by atoms with Crippen LogP contribution >= 0.6 is 0 Å². The van der Waals surface area contributed by atoms with Crippen molar-refractivity contribution in [3.05, 3.63) is 89.0 Å². The zero-order chi connectivity index (χ0) is 29.6. The first-order valence-corrected chi connectivity index (χ1v) is 13.7. The topological polar surface area (TPSA) is 96.9 Å². The maximum atomic E-state index is 15.1. The molecule has 0 spiro atoms. The summed E-state index contributed by atoms with van der Waals surface area (Å²) < 4.78 is 35.4. The molecule has 1 aliphatic heterocycles. The molecule has 0 atom stereocenters. The van der Waals surface area contributed by atoms with Gasteiger partial charge in [0.25, 0.3) is 0 Å². The maximum Gasteiger partial charge on any atom is 0.181 e. The number of allylic oxidation sites excluding steroid dienone is 1. The van der Waals surface area contributed by atoms with Gasteiger partial charge in [0.15, 0.2) is 29.9 Å². The van der Waals surface area contributed by atoms with Crippen LogP contribution in [0.5, 0.6) is 5.75 Å². The molecule has 0 unspecified atom stereocenters. The summed E-state index contributed by atoms with van der Waals surface area (Å²) in [7, 11) is 0. The molecule has 9 nitrogen and oxygen atoms in total. The van der Waals surface area contributed by atoms with Gasteiger partial charge in [-0.15, -0.1) is 0 Å². The quantitative estimate of drug-likeness (QED) is 0.168. The molecule has 4 aromatic rings. The Labute approximate surface area is 243 Å². The number of amidine groups is 1. The molecule has 0 bridgehead atoms. The van der Waals surface area contributed by atoms with Gasteiger partial charge in [-0.05, 0) is 57.3 Å². The summed E-state index contributed by atoms with van der Waals surface area (Å²) in [5.74, 6) is 0.120. The van der Waals surface area contributed by atoms with E-state index in [9.17, 15) is 4.39 Å². The monoisotopic (exact) mass is 572 g/mol. The number of H-pyrrole nitrogens is 2. The van der Waals surface area contributed by atoms with Crippen LogP contribution in [-0.2, 0) is 0 Å². The number of nitrogens with one attached hydrogen (secondary N) is 3. The summed E-state index contributed by atoms with van der Waals surface area (Å²) in [6.45, 7) is 12.1. The molecule has 0 saturated carbocycles. The minimum absolute atomic E-state index is 0.111. The normalized spacial score (nSPS) is 14.7. The summed E-state index contributed by atoms with van der Waals surface area (Å²) in [5.41, 5.74) is 3.98. The minimum Gasteiger partial charge on any atom is -0.468 e. The molecule has 218 valence electrons. The van der Waals surface area contributed by atoms with Crippen molar-refractivity contribution in [3.8, 4) is 5.75 Å². The molecule has 1 saturated heterocycles. The van der Waals surface area contributed by atoms with Gasteiger partial charge < -0.3 is 24.8 Å². The van der Waals surface area contributed by atoms with E-state index in [2.05, 4.69) is 78.2 Å². The SMILES string of the molecule is C=N/C(=C\C(=N/COc1cc(F)c2[nH]c(C)cc2c1F)N1CCN(c2cccc(C)c2)CC1)Nc1cc(/C=C/C)[nH]n1. The van der Waals surface area contributed by atoms with Crippen LogP contribution in [0.1, 0.15) is 23.9 Å². The molecule has 0 amide bonds. The van der Waals surface area contributed by atoms with Gasteiger partial charge in [-0.2, -0.15) is 5.10 Å². The van der Waals surface area contributed by atoms with Crippen LogP contribution in [0.3, 0.4) is 0 Å². The van der Waals surface area contributed by atoms with Crippen molar-refractivity contribution in [3.63, 3.8) is 0 Å². The van der Waals surface area contributed by atoms with Crippen molar-refractivity contribution >= 4 is 41.0 Å². The Bertz CT molecular complexity index is 1660. The minimum atomic E-state index is -0.639. The number of anilines is 2. The van der Waals surface area contributed by atoms with E-state index >= 15 is 4.39 Å². The van der Waals surface area contributed by atoms with Crippen molar-refractivity contribution in [2.45, 2.75) is 20.8 Å². The number of aryl methyl sites for hydroxylation is 2. The highest BCUT2D eigenvalue weighted by Crippen LogP contribution is 2.29. The largest absolute Gasteiger partial charge is 0.468 e. The molecule has 2 aromatic carbocycles. The predicted octanol–water partition coefficient (Wildman–Crippen LogP) is 6.03. The van der Waals surface area contributed by atoms with E-state index in [1.54, 1.807) is 19.1 Å². The second-order valence-corrected chi connectivity index (χ2v) is 10.0. The summed E-state index contributed by atoms with van der Waals surface area (Å²) in [5, 5.41) is 10.5. The average Bonchev–Trinajstić information content (AvgIpc) is 3.61. The molecule has 0 aliphatic carbocycles. The number of fused-ring (bicyclic) bond motifs is 1. The van der Waals surface area contributed by atoms with Crippen molar-refractivity contribution in [2.24, 2.45) is 9.98 Å². The Hall–Kier alpha value is -4.93. The summed E-state index contributed by atoms with van der Waals surface area (Å²) in [6, 6.07) is 12.9. The number of ether oxygens (including phenoxy) is 1. The number of hydrogen-bond acceptors (Lipinski definition) is 6. The first-order chi connectivity index (χ1) is 20.3. The van der Waals surface area contributed by atoms with E-state index in [4.69, 9.17) is 4.74 Å². The van der Waals surface area contributed by atoms with E-state index in [1.165, 1.54) is 11.3 Å². The van der Waals surface area contributed by atoms with Crippen molar-refractivity contribution in [1.29, 1.82) is 0 Å². The van der Waals surface area contributed by atoms with E-state index in [1.807, 2.05) is 25.1 Å². The van der Waals surface area contributed by atoms with E-state index in [0.717, 1.165) is 24.8 Å². The Morgan fingerprint density at radius 1 is 1.14 bits per heavy atom. The van der Waals surface area contributed by atoms with Gasteiger partial charge in [0.1, 0.15) is 11.7 Å². The van der Waals surface area contributed by atoms with Gasteiger partial charge >= 0.3 is 0 Å². The molecule has 5 rings (SSSR count). The lowest BCUT2D eigenvalue weighted by Crippen LogP contribution is -2.48. The first-order valence-electron chi connectivity index (χ1n) is 13.7. The van der Waals surface area contributed by atoms with Crippen LogP contribution in [-0.4, -0.2) is 65.5 Å². The Kier molecular flexibility index (Phi) is 8.66. The van der Waals surface area contributed by atoms with Crippen molar-refractivity contribution in [1.82, 2.24) is 20.1 Å². The van der Waals surface area contributed by atoms with Crippen LogP contribution in [0, 0.1) is 25.5 Å². The molecule has 42 heavy (non-hydrogen) atoms. The number of aromatic nitrogens is 3. The van der Waals surface area contributed by atoms with Crippen LogP contribution in [0.25, 0.3) is 17.0 Å². The molecule has 1 fully saturated rings. The van der Waals surface area contributed by atoms with Crippen molar-refractivity contribution in [2.75, 3.05) is 43.1 Å². The first kappa shape index (κ1) is 28.6. The highest BCUT2D eigenvalue weighted by molar-refractivity contribution is 5.94. The number of rotatable bonds is 9. The number of nitrogens with zero attached hydrogens (tertiary/aromatic N) is 5. The zero-order valence-corrected chi connectivity index (χ0v) is 23.9. The summed E-state index contributed by atoms with van der Waals surface area (Å²) >= 11 is 0. The molecule has 3 heterocycles. The fourth-order valence-electron chi connectivity index (χ4n) is 4.90. The van der Waals surface area contributed by atoms with Gasteiger partial charge in [0.2, 0.25) is 0 Å². The second-order valence-electron chi connectivity index (χ2n) is 10.0. The third-order valence-corrected chi connectivity index (χ3v) is 6.96. The molecular formula is C31H34F2N8O. The van der Waals surface area contributed by atoms with E-state index in [0.29, 0.717) is 36.3 Å². The number of benzene rings is 2. The highest BCUT2D eigenvalue weighted by Gasteiger charge is 2.21. The number of hydrogen-bond donors (Lipinski definition) is 3. The standard InChI is InChI=1S/C31H34F2N8O/c1-5-7-22-16-28(39-38-22)37-27(34-4)18-29(41-12-10-40(11-13-41)23-9-6-8-20(2)14-23)35-19-42-26-17-25(32)31-24(30(26)33)15-21(3)36-31/h5-9,14-18,36H,4,10-13,19H2,1-3H3,(H2,37,38,39)/b7-5+,27-18+,35-29+. The number of halogens is 2. The third kappa shape index (κ3) is 6.51. The fourth-order valence-corrected chi connectivity index (χ4v) is 4.90. The molecular weight excluding hydrogens is 538 g/mol. The van der Waals surface area contributed by atoms with Gasteiger partial charge in [-0.3, -0.25) is 5.10 Å². The predicted molar refractivity (Wildman–Crippen MR) is 165 cm³/mol. The summed E-state index contributed by atoms with van der Waals surface area (Å²) in [4.78, 5) is 16.0. The molecule has 2 aromatic heterocycles. The summed E-state index contributed by atoms with van der Waals surface area (Å²) in [6.07, 6.45) is 5.55. The molecule has 1 aliphatic rings. The number of piperazine rings is 1. The van der Waals surface area contributed by atoms with Gasteiger partial charge in [-0.25, -0.2) is 18.8 Å². The lowest BCUT2D eigenvalue weighted by Gasteiger charge is -2.37. The molecule has 11 heteroatoms. The average molecular weight is 573 g/mol. The Morgan fingerprint density at radius 3 is 2.69 bits per heavy atom. The van der Waals surface area contributed by atoms with Crippen LogP contribution < -0.4 is 15.0 Å². The van der Waals surface area contributed by atoms with Crippen molar-refractivity contribution < 1.29 is 13.5 Å². The van der Waals surface area contributed by atoms with Crippen LogP contribution in [0.4, 0.5) is 20.3 Å². The molecule has 3 N–H and O–H groups in total. The van der Waals surface area contributed by atoms with Gasteiger partial charge in [-0.1, -0.05) is 18.2 Å². The van der Waals surface area contributed by atoms with Crippen LogP contribution in [0.15, 0.2) is 70.4 Å². The lowest BCUT2D eigenvalue weighted by atomic mass is 10.2. The second kappa shape index (κ2) is 12.7. The zero-order valence-electron chi connectivity index (χ0n) is 23.9. The third-order valence-electron chi connectivity index (χ3n) is 6.96. The Balaban J connectivity index is 1.37. The lowest BCUT2D eigenvalue weighted by molar-refractivity contribution is 0.308. The van der Waals surface area contributed by atoms with Gasteiger partial charge in [0, 0.05) is 61.2 Å². The molecule has 0 radical (unpaired) electrons. The smallest absolute Gasteiger partial charge is 0.181 e. The Morgan fingerprint density at radius 2 is 1.95 bits per heavy atom. The van der Waals surface area contributed by atoms with E-state index < -0.39 is 11.6 Å².